The van der Waals surface area contributed by atoms with Crippen LogP contribution >= 0.6 is 0 Å². The second-order valence-electron chi connectivity index (χ2n) is 12.8. The second-order valence-corrected chi connectivity index (χ2v) is 14.7. The molecule has 2 fully saturated rings. The molecule has 5 rings (SSSR count). The molecule has 8 heteroatoms. The van der Waals surface area contributed by atoms with Gasteiger partial charge in [0.05, 0.1) is 10.5 Å². The summed E-state index contributed by atoms with van der Waals surface area (Å²) in [6, 6.07) is 20.4. The van der Waals surface area contributed by atoms with E-state index < -0.39 is 28.0 Å². The van der Waals surface area contributed by atoms with E-state index in [1.807, 2.05) is 38.1 Å². The third-order valence-electron chi connectivity index (χ3n) is 8.26. The van der Waals surface area contributed by atoms with Crippen LogP contribution in [0.5, 0.6) is 0 Å². The quantitative estimate of drug-likeness (QED) is 0.328. The minimum Gasteiger partial charge on any atom is -0.444 e. The Labute approximate surface area is 243 Å². The minimum atomic E-state index is -3.84. The van der Waals surface area contributed by atoms with E-state index in [-0.39, 0.29) is 27.3 Å². The average molecular weight is 575 g/mol. The van der Waals surface area contributed by atoms with Gasteiger partial charge < -0.3 is 10.1 Å². The van der Waals surface area contributed by atoms with Crippen molar-refractivity contribution in [3.05, 3.63) is 95.1 Å². The zero-order valence-electron chi connectivity index (χ0n) is 24.3. The van der Waals surface area contributed by atoms with Gasteiger partial charge in [-0.05, 0) is 79.3 Å². The van der Waals surface area contributed by atoms with Crippen LogP contribution in [0, 0.1) is 24.7 Å². The number of fused-ring (bicyclic) bond motifs is 2. The molecule has 1 saturated carbocycles. The van der Waals surface area contributed by atoms with Crippen molar-refractivity contribution in [1.82, 2.24) is 4.31 Å². The summed E-state index contributed by atoms with van der Waals surface area (Å²) in [6.07, 6.45) is 1.38. The first-order chi connectivity index (χ1) is 19.3. The van der Waals surface area contributed by atoms with Gasteiger partial charge in [-0.25, -0.2) is 13.2 Å². The first-order valence-corrected chi connectivity index (χ1v) is 15.5. The fourth-order valence-corrected chi connectivity index (χ4v) is 8.57. The molecule has 1 N–H and O–H groups in total. The predicted octanol–water partition coefficient (Wildman–Crippen LogP) is 6.43. The number of sulfonamides is 1. The Balaban J connectivity index is 1.40. The maximum Gasteiger partial charge on any atom is 0.339 e. The highest BCUT2D eigenvalue weighted by molar-refractivity contribution is 7.89. The molecule has 3 unspecified atom stereocenters. The van der Waals surface area contributed by atoms with Crippen molar-refractivity contribution in [3.8, 4) is 0 Å². The summed E-state index contributed by atoms with van der Waals surface area (Å²) in [5.74, 6) is -1.28. The molecule has 2 aliphatic rings. The number of anilines is 1. The Morgan fingerprint density at radius 3 is 2.41 bits per heavy atom. The van der Waals surface area contributed by atoms with Crippen LogP contribution in [0.3, 0.4) is 0 Å². The van der Waals surface area contributed by atoms with Crippen LogP contribution in [0.1, 0.15) is 73.2 Å². The van der Waals surface area contributed by atoms with Gasteiger partial charge >= 0.3 is 5.97 Å². The number of carbonyl (C=O) groups is 2. The van der Waals surface area contributed by atoms with Crippen molar-refractivity contribution < 1.29 is 22.7 Å². The topological polar surface area (TPSA) is 92.8 Å². The largest absolute Gasteiger partial charge is 0.444 e. The fourth-order valence-electron chi connectivity index (χ4n) is 6.75. The summed E-state index contributed by atoms with van der Waals surface area (Å²) in [6.45, 7) is 10.8. The Kier molecular flexibility index (Phi) is 7.59. The van der Waals surface area contributed by atoms with Crippen molar-refractivity contribution in [3.63, 3.8) is 0 Å². The summed E-state index contributed by atoms with van der Waals surface area (Å²) in [4.78, 5) is 26.9. The maximum atomic E-state index is 13.8. The van der Waals surface area contributed by atoms with Crippen molar-refractivity contribution in [2.45, 2.75) is 70.9 Å². The van der Waals surface area contributed by atoms with Crippen LogP contribution in [-0.4, -0.2) is 37.2 Å². The number of aryl methyl sites for hydroxylation is 2. The van der Waals surface area contributed by atoms with E-state index in [0.717, 1.165) is 30.4 Å². The molecule has 1 aliphatic heterocycles. The molecular weight excluding hydrogens is 536 g/mol. The molecule has 3 aromatic carbocycles. The van der Waals surface area contributed by atoms with Gasteiger partial charge in [-0.15, -0.1) is 0 Å². The lowest BCUT2D eigenvalue weighted by Gasteiger charge is -2.39. The van der Waals surface area contributed by atoms with Crippen LogP contribution in [-0.2, 0) is 19.6 Å². The number of hydrogen-bond donors (Lipinski definition) is 1. The molecule has 3 atom stereocenters. The van der Waals surface area contributed by atoms with Crippen molar-refractivity contribution in [2.24, 2.45) is 10.8 Å². The average Bonchev–Trinajstić information content (AvgIpc) is 3.18. The molecular formula is C33H38N2O5S. The van der Waals surface area contributed by atoms with Crippen molar-refractivity contribution >= 4 is 27.6 Å². The smallest absolute Gasteiger partial charge is 0.339 e. The number of hydrogen-bond acceptors (Lipinski definition) is 5. The molecule has 1 saturated heterocycles. The van der Waals surface area contributed by atoms with Gasteiger partial charge in [-0.1, -0.05) is 69.3 Å². The normalized spacial score (nSPS) is 22.6. The molecule has 0 aromatic heterocycles. The molecule has 41 heavy (non-hydrogen) atoms. The van der Waals surface area contributed by atoms with Crippen molar-refractivity contribution in [1.29, 1.82) is 0 Å². The van der Waals surface area contributed by atoms with E-state index >= 15 is 0 Å². The number of carbonyl (C=O) groups excluding carboxylic acids is 2. The number of nitrogens with one attached hydrogen (secondary N) is 1. The van der Waals surface area contributed by atoms with Crippen LogP contribution in [0.2, 0.25) is 0 Å². The van der Waals surface area contributed by atoms with Gasteiger partial charge in [0.1, 0.15) is 0 Å². The monoisotopic (exact) mass is 574 g/mol. The zero-order valence-corrected chi connectivity index (χ0v) is 25.1. The Hall–Kier alpha value is -3.49. The molecule has 0 spiro atoms. The summed E-state index contributed by atoms with van der Waals surface area (Å²) < 4.78 is 35.1. The van der Waals surface area contributed by atoms with Gasteiger partial charge in [0.15, 0.2) is 0 Å². The summed E-state index contributed by atoms with van der Waals surface area (Å²) in [7, 11) is -3.84. The first-order valence-electron chi connectivity index (χ1n) is 14.0. The van der Waals surface area contributed by atoms with E-state index in [9.17, 15) is 18.0 Å². The summed E-state index contributed by atoms with van der Waals surface area (Å²) >= 11 is 0. The number of nitrogens with zero attached hydrogens (tertiary/aromatic N) is 1. The van der Waals surface area contributed by atoms with Gasteiger partial charge in [-0.2, -0.15) is 4.31 Å². The lowest BCUT2D eigenvalue weighted by molar-refractivity contribution is -0.125. The Morgan fingerprint density at radius 2 is 1.68 bits per heavy atom. The van der Waals surface area contributed by atoms with E-state index in [2.05, 4.69) is 26.1 Å². The van der Waals surface area contributed by atoms with Gasteiger partial charge in [0, 0.05) is 23.8 Å². The van der Waals surface area contributed by atoms with Gasteiger partial charge in [-0.3, -0.25) is 4.79 Å². The summed E-state index contributed by atoms with van der Waals surface area (Å²) in [5.41, 5.74) is 3.07. The van der Waals surface area contributed by atoms with Crippen LogP contribution < -0.4 is 5.32 Å². The third-order valence-corrected chi connectivity index (χ3v) is 10.2. The number of ether oxygens (including phenoxy) is 1. The molecule has 2 bridgehead atoms. The summed E-state index contributed by atoms with van der Waals surface area (Å²) in [5, 5.41) is 2.89. The predicted molar refractivity (Wildman–Crippen MR) is 159 cm³/mol. The van der Waals surface area contributed by atoms with E-state index in [1.54, 1.807) is 34.6 Å². The zero-order chi connectivity index (χ0) is 29.6. The molecule has 216 valence electrons. The molecule has 7 nitrogen and oxygen atoms in total. The Morgan fingerprint density at radius 1 is 0.951 bits per heavy atom. The Bertz CT molecular complexity index is 1580. The molecule has 1 heterocycles. The molecule has 0 radical (unpaired) electrons. The van der Waals surface area contributed by atoms with E-state index in [0.29, 0.717) is 17.8 Å². The highest BCUT2D eigenvalue weighted by Gasteiger charge is 2.53. The fraction of sp³-hybridized carbons (Fsp3) is 0.394. The maximum absolute atomic E-state index is 13.8. The first kappa shape index (κ1) is 29.0. The highest BCUT2D eigenvalue weighted by atomic mass is 32.2. The van der Waals surface area contributed by atoms with Crippen LogP contribution in [0.4, 0.5) is 5.69 Å². The molecule has 1 aliphatic carbocycles. The molecule has 1 amide bonds. The minimum absolute atomic E-state index is 0.0528. The second kappa shape index (κ2) is 10.7. The van der Waals surface area contributed by atoms with Crippen LogP contribution in [0.25, 0.3) is 0 Å². The lowest BCUT2D eigenvalue weighted by atomic mass is 9.65. The molecule has 3 aromatic rings. The van der Waals surface area contributed by atoms with Crippen LogP contribution in [0.15, 0.2) is 77.7 Å². The third kappa shape index (κ3) is 6.09. The van der Waals surface area contributed by atoms with E-state index in [4.69, 9.17) is 4.74 Å². The highest BCUT2D eigenvalue weighted by Crippen LogP contribution is 2.53. The number of amides is 1. The SMILES string of the molecule is Cc1ccc(C)c(NC(=O)C(OC(=O)c2cccc(S(=O)(=O)N3CC4(C)CC3CC(C)(C)C4)c2)c2ccccc2)c1. The number of benzene rings is 3. The number of rotatable bonds is 7. The van der Waals surface area contributed by atoms with Gasteiger partial charge in [0.25, 0.3) is 5.91 Å². The van der Waals surface area contributed by atoms with E-state index in [1.165, 1.54) is 18.2 Å². The van der Waals surface area contributed by atoms with Crippen molar-refractivity contribution in [2.75, 3.05) is 11.9 Å². The standard InChI is InChI=1S/C33H38N2O5S/c1-22-14-15-23(2)28(16-22)34-30(36)29(24-10-7-6-8-11-24)40-31(37)25-12-9-13-27(17-25)41(38,39)35-21-33(5)19-26(35)18-32(3,4)20-33/h6-17,26,29H,18-21H2,1-5H3,(H,34,36). The van der Waals surface area contributed by atoms with Gasteiger partial charge in [0.2, 0.25) is 16.1 Å². The lowest BCUT2D eigenvalue weighted by Crippen LogP contribution is -2.37. The number of esters is 1.